The topological polar surface area (TPSA) is 77.3 Å². The summed E-state index contributed by atoms with van der Waals surface area (Å²) in [6.45, 7) is 3.36. The van der Waals surface area contributed by atoms with Gasteiger partial charge < -0.3 is 9.30 Å². The van der Waals surface area contributed by atoms with Gasteiger partial charge in [0, 0.05) is 31.0 Å². The lowest BCUT2D eigenvalue weighted by atomic mass is 10.1. The quantitative estimate of drug-likeness (QED) is 0.329. The molecule has 0 bridgehead atoms. The number of imidazole rings is 1. The molecule has 0 aliphatic heterocycles. The molecule has 2 heterocycles. The summed E-state index contributed by atoms with van der Waals surface area (Å²) in [5.41, 5.74) is 3.01. The smallest absolute Gasteiger partial charge is 0.337 e. The monoisotopic (exact) mass is 484 g/mol. The third kappa shape index (κ3) is 5.40. The summed E-state index contributed by atoms with van der Waals surface area (Å²) in [6.07, 6.45) is 7.04. The van der Waals surface area contributed by atoms with Crippen molar-refractivity contribution in [1.29, 1.82) is 0 Å². The van der Waals surface area contributed by atoms with E-state index in [-0.39, 0.29) is 18.3 Å². The molecule has 2 aromatic heterocycles. The molecule has 0 saturated heterocycles. The third-order valence-corrected chi connectivity index (χ3v) is 6.30. The number of para-hydroxylation sites is 1. The van der Waals surface area contributed by atoms with Crippen LogP contribution in [0.5, 0.6) is 0 Å². The highest BCUT2D eigenvalue weighted by molar-refractivity contribution is 7.22. The van der Waals surface area contributed by atoms with Crippen molar-refractivity contribution in [2.24, 2.45) is 0 Å². The molecule has 0 radical (unpaired) electrons. The maximum Gasteiger partial charge on any atom is 0.337 e. The number of rotatable bonds is 8. The highest BCUT2D eigenvalue weighted by atomic mass is 35.5. The van der Waals surface area contributed by atoms with Crippen molar-refractivity contribution in [3.8, 4) is 0 Å². The van der Waals surface area contributed by atoms with E-state index < -0.39 is 5.97 Å². The van der Waals surface area contributed by atoms with E-state index in [9.17, 15) is 9.59 Å². The fraction of sp³-hybridized carbons (Fsp3) is 0.250. The van der Waals surface area contributed by atoms with E-state index in [1.807, 2.05) is 22.9 Å². The molecule has 0 saturated carbocycles. The van der Waals surface area contributed by atoms with Gasteiger partial charge in [0.05, 0.1) is 29.2 Å². The Morgan fingerprint density at radius 1 is 1.12 bits per heavy atom. The molecular formula is C24H25ClN4O3S. The number of anilines is 1. The zero-order chi connectivity index (χ0) is 22.5. The summed E-state index contributed by atoms with van der Waals surface area (Å²) in [5, 5.41) is 0.675. The lowest BCUT2D eigenvalue weighted by molar-refractivity contribution is 0.0600. The van der Waals surface area contributed by atoms with E-state index in [1.165, 1.54) is 24.0 Å². The van der Waals surface area contributed by atoms with Gasteiger partial charge in [-0.3, -0.25) is 9.69 Å². The van der Waals surface area contributed by atoms with E-state index in [2.05, 4.69) is 18.0 Å². The fourth-order valence-electron chi connectivity index (χ4n) is 3.53. The average molecular weight is 485 g/mol. The van der Waals surface area contributed by atoms with Crippen molar-refractivity contribution >= 4 is 51.0 Å². The molecule has 33 heavy (non-hydrogen) atoms. The highest BCUT2D eigenvalue weighted by Crippen LogP contribution is 2.32. The number of nitrogens with zero attached hydrogens (tertiary/aromatic N) is 4. The zero-order valence-corrected chi connectivity index (χ0v) is 20.1. The Bertz CT molecular complexity index is 1220. The van der Waals surface area contributed by atoms with E-state index >= 15 is 0 Å². The number of hydrogen-bond donors (Lipinski definition) is 0. The molecule has 1 amide bonds. The van der Waals surface area contributed by atoms with Crippen LogP contribution in [0.4, 0.5) is 5.13 Å². The van der Waals surface area contributed by atoms with Crippen molar-refractivity contribution in [1.82, 2.24) is 14.5 Å². The van der Waals surface area contributed by atoms with Crippen LogP contribution in [0.2, 0.25) is 0 Å². The van der Waals surface area contributed by atoms with Gasteiger partial charge >= 0.3 is 5.97 Å². The summed E-state index contributed by atoms with van der Waals surface area (Å²) in [7, 11) is 1.33. The number of esters is 1. The van der Waals surface area contributed by atoms with Gasteiger partial charge in [-0.15, -0.1) is 12.4 Å². The van der Waals surface area contributed by atoms with Crippen molar-refractivity contribution in [3.63, 3.8) is 0 Å². The molecule has 0 fully saturated rings. The third-order valence-electron chi connectivity index (χ3n) is 5.26. The molecule has 0 aliphatic carbocycles. The van der Waals surface area contributed by atoms with Crippen LogP contribution in [0.25, 0.3) is 10.2 Å². The minimum Gasteiger partial charge on any atom is -0.465 e. The Hall–Kier alpha value is -3.23. The fourth-order valence-corrected chi connectivity index (χ4v) is 4.57. The van der Waals surface area contributed by atoms with E-state index in [0.29, 0.717) is 22.8 Å². The van der Waals surface area contributed by atoms with Gasteiger partial charge in [0.2, 0.25) is 0 Å². The van der Waals surface area contributed by atoms with Gasteiger partial charge in [0.1, 0.15) is 0 Å². The second-order valence-electron chi connectivity index (χ2n) is 7.29. The Balaban J connectivity index is 0.00000306. The molecule has 2 aromatic carbocycles. The SMILES string of the molecule is CCc1cccc2sc(N(CCCn3ccnc3)C(=O)c3ccc(C(=O)OC)cc3)nc12.Cl. The zero-order valence-electron chi connectivity index (χ0n) is 18.4. The van der Waals surface area contributed by atoms with Crippen LogP contribution in [0.3, 0.4) is 0 Å². The number of amides is 1. The number of carbonyl (C=O) groups is 2. The first-order valence-electron chi connectivity index (χ1n) is 10.4. The largest absolute Gasteiger partial charge is 0.465 e. The lowest BCUT2D eigenvalue weighted by Crippen LogP contribution is -2.32. The van der Waals surface area contributed by atoms with E-state index in [4.69, 9.17) is 9.72 Å². The molecule has 4 rings (SSSR count). The minimum absolute atomic E-state index is 0. The number of benzene rings is 2. The number of halogens is 1. The Morgan fingerprint density at radius 3 is 2.55 bits per heavy atom. The van der Waals surface area contributed by atoms with E-state index in [0.717, 1.165) is 29.6 Å². The lowest BCUT2D eigenvalue weighted by Gasteiger charge is -2.20. The van der Waals surface area contributed by atoms with Crippen LogP contribution in [0, 0.1) is 0 Å². The number of carbonyl (C=O) groups excluding carboxylic acids is 2. The number of methoxy groups -OCH3 is 1. The summed E-state index contributed by atoms with van der Waals surface area (Å²) in [5.74, 6) is -0.580. The van der Waals surface area contributed by atoms with Crippen molar-refractivity contribution in [2.45, 2.75) is 26.3 Å². The van der Waals surface area contributed by atoms with Gasteiger partial charge in [-0.2, -0.15) is 0 Å². The molecule has 4 aromatic rings. The van der Waals surface area contributed by atoms with Crippen LogP contribution in [0.15, 0.2) is 61.2 Å². The molecule has 0 aliphatic rings. The molecule has 0 unspecified atom stereocenters. The number of aryl methyl sites for hydroxylation is 2. The van der Waals surface area contributed by atoms with Gasteiger partial charge in [-0.05, 0) is 48.7 Å². The molecular weight excluding hydrogens is 460 g/mol. The second kappa shape index (κ2) is 11.1. The Morgan fingerprint density at radius 2 is 1.88 bits per heavy atom. The summed E-state index contributed by atoms with van der Waals surface area (Å²) in [6, 6.07) is 12.7. The Kier molecular flexibility index (Phi) is 8.19. The molecule has 0 N–H and O–H groups in total. The first kappa shape index (κ1) is 24.4. The maximum absolute atomic E-state index is 13.5. The minimum atomic E-state index is -0.431. The number of ether oxygens (including phenoxy) is 1. The van der Waals surface area contributed by atoms with Gasteiger partial charge in [0.15, 0.2) is 5.13 Å². The number of hydrogen-bond acceptors (Lipinski definition) is 6. The summed E-state index contributed by atoms with van der Waals surface area (Å²) in [4.78, 5) is 35.8. The Labute approximate surface area is 202 Å². The van der Waals surface area contributed by atoms with Crippen molar-refractivity contribution in [2.75, 3.05) is 18.6 Å². The molecule has 0 spiro atoms. The average Bonchev–Trinajstić information content (AvgIpc) is 3.50. The molecule has 172 valence electrons. The molecule has 9 heteroatoms. The second-order valence-corrected chi connectivity index (χ2v) is 8.30. The molecule has 0 atom stereocenters. The van der Waals surface area contributed by atoms with Gasteiger partial charge in [-0.25, -0.2) is 14.8 Å². The predicted molar refractivity (Wildman–Crippen MR) is 133 cm³/mol. The van der Waals surface area contributed by atoms with Crippen molar-refractivity contribution < 1.29 is 14.3 Å². The number of thiazole rings is 1. The van der Waals surface area contributed by atoms with Crippen LogP contribution in [-0.2, 0) is 17.7 Å². The first-order valence-corrected chi connectivity index (χ1v) is 11.3. The van der Waals surface area contributed by atoms with Gasteiger partial charge in [0.25, 0.3) is 5.91 Å². The van der Waals surface area contributed by atoms with Crippen LogP contribution >= 0.6 is 23.7 Å². The summed E-state index contributed by atoms with van der Waals surface area (Å²) < 4.78 is 7.80. The summed E-state index contributed by atoms with van der Waals surface area (Å²) >= 11 is 1.52. The maximum atomic E-state index is 13.5. The number of fused-ring (bicyclic) bond motifs is 1. The van der Waals surface area contributed by atoms with Crippen LogP contribution in [0.1, 0.15) is 39.6 Å². The highest BCUT2D eigenvalue weighted by Gasteiger charge is 2.22. The molecule has 7 nitrogen and oxygen atoms in total. The predicted octanol–water partition coefficient (Wildman–Crippen LogP) is 5.00. The first-order chi connectivity index (χ1) is 15.6. The van der Waals surface area contributed by atoms with E-state index in [1.54, 1.807) is 41.7 Å². The van der Waals surface area contributed by atoms with Crippen molar-refractivity contribution in [3.05, 3.63) is 77.9 Å². The van der Waals surface area contributed by atoms with Gasteiger partial charge in [-0.1, -0.05) is 30.4 Å². The number of aromatic nitrogens is 3. The van der Waals surface area contributed by atoms with Crippen LogP contribution in [-0.4, -0.2) is 40.1 Å². The standard InChI is InChI=1S/C24H24N4O3S.ClH/c1-3-17-6-4-7-20-21(17)26-24(32-20)28(14-5-13-27-15-12-25-16-27)22(29)18-8-10-19(11-9-18)23(30)31-2;/h4,6-12,15-16H,3,5,13-14H2,1-2H3;1H. The van der Waals surface area contributed by atoms with Crippen LogP contribution < -0.4 is 4.90 Å². The normalized spacial score (nSPS) is 10.6.